The minimum absolute atomic E-state index is 0.435. The summed E-state index contributed by atoms with van der Waals surface area (Å²) in [6.45, 7) is 5.19. The van der Waals surface area contributed by atoms with Crippen LogP contribution in [0.3, 0.4) is 0 Å². The Morgan fingerprint density at radius 1 is 0.938 bits per heavy atom. The average Bonchev–Trinajstić information content (AvgIpc) is 3.22. The summed E-state index contributed by atoms with van der Waals surface area (Å²) < 4.78 is 67.1. The minimum Gasteiger partial charge on any atom is -0.304 e. The summed E-state index contributed by atoms with van der Waals surface area (Å²) in [5, 5.41) is 2.57. The first kappa shape index (κ1) is 23.6. The molecule has 0 unspecified atom stereocenters. The second-order valence-corrected chi connectivity index (χ2v) is 10.9. The standard InChI is InChI=1S/C20H26F3N5O2S2/c1-25-6-10-27(11-7-25)32(29,30)28-12-8-26(9-13-28)14-18-15-31-19(24-18)16-2-4-17(5-3-16)20(21,22)23/h2-5,15H,6-14H2,1H3. The molecule has 0 saturated carbocycles. The van der Waals surface area contributed by atoms with Crippen LogP contribution in [0.4, 0.5) is 13.2 Å². The van der Waals surface area contributed by atoms with Gasteiger partial charge in [-0.05, 0) is 19.2 Å². The number of halogens is 3. The van der Waals surface area contributed by atoms with Gasteiger partial charge in [0.1, 0.15) is 5.01 Å². The van der Waals surface area contributed by atoms with E-state index in [2.05, 4.69) is 14.8 Å². The molecule has 12 heteroatoms. The van der Waals surface area contributed by atoms with E-state index in [1.54, 1.807) is 8.61 Å². The van der Waals surface area contributed by atoms with E-state index in [1.807, 2.05) is 12.4 Å². The van der Waals surface area contributed by atoms with Gasteiger partial charge in [0, 0.05) is 69.8 Å². The van der Waals surface area contributed by atoms with Gasteiger partial charge in [0.25, 0.3) is 10.2 Å². The second-order valence-electron chi connectivity index (χ2n) is 8.10. The van der Waals surface area contributed by atoms with Crippen molar-refractivity contribution >= 4 is 21.5 Å². The maximum Gasteiger partial charge on any atom is 0.416 e. The zero-order chi connectivity index (χ0) is 22.9. The van der Waals surface area contributed by atoms with Crippen molar-refractivity contribution in [3.05, 3.63) is 40.9 Å². The third-order valence-corrected chi connectivity index (χ3v) is 8.82. The summed E-state index contributed by atoms with van der Waals surface area (Å²) in [6.07, 6.45) is -4.35. The van der Waals surface area contributed by atoms with Gasteiger partial charge in [0.15, 0.2) is 0 Å². The Morgan fingerprint density at radius 3 is 2.06 bits per heavy atom. The summed E-state index contributed by atoms with van der Waals surface area (Å²) >= 11 is 1.39. The van der Waals surface area contributed by atoms with Gasteiger partial charge >= 0.3 is 6.18 Å². The lowest BCUT2D eigenvalue weighted by Gasteiger charge is -2.38. The Hall–Kier alpha value is -1.57. The van der Waals surface area contributed by atoms with Crippen LogP contribution in [0.1, 0.15) is 11.3 Å². The van der Waals surface area contributed by atoms with E-state index < -0.39 is 21.9 Å². The molecule has 0 aliphatic carbocycles. The van der Waals surface area contributed by atoms with Crippen molar-refractivity contribution in [3.8, 4) is 10.6 Å². The number of nitrogens with zero attached hydrogens (tertiary/aromatic N) is 5. The van der Waals surface area contributed by atoms with Crippen molar-refractivity contribution in [1.29, 1.82) is 0 Å². The molecule has 32 heavy (non-hydrogen) atoms. The highest BCUT2D eigenvalue weighted by Gasteiger charge is 2.34. The highest BCUT2D eigenvalue weighted by Crippen LogP contribution is 2.32. The predicted molar refractivity (Wildman–Crippen MR) is 117 cm³/mol. The first-order valence-corrected chi connectivity index (χ1v) is 12.7. The molecule has 2 saturated heterocycles. The van der Waals surface area contributed by atoms with Crippen LogP contribution in [0.25, 0.3) is 10.6 Å². The molecule has 2 fully saturated rings. The van der Waals surface area contributed by atoms with E-state index in [1.165, 1.54) is 23.5 Å². The molecule has 0 spiro atoms. The lowest BCUT2D eigenvalue weighted by atomic mass is 10.1. The van der Waals surface area contributed by atoms with Crippen LogP contribution in [-0.2, 0) is 22.9 Å². The number of benzene rings is 1. The number of thiazole rings is 1. The van der Waals surface area contributed by atoms with Crippen LogP contribution in [-0.4, -0.2) is 91.2 Å². The van der Waals surface area contributed by atoms with Crippen molar-refractivity contribution in [3.63, 3.8) is 0 Å². The summed E-state index contributed by atoms with van der Waals surface area (Å²) in [6, 6.07) is 5.01. The summed E-state index contributed by atoms with van der Waals surface area (Å²) in [7, 11) is -1.44. The number of alkyl halides is 3. The fourth-order valence-electron chi connectivity index (χ4n) is 3.84. The largest absolute Gasteiger partial charge is 0.416 e. The van der Waals surface area contributed by atoms with Crippen molar-refractivity contribution in [2.24, 2.45) is 0 Å². The molecule has 2 aromatic rings. The molecule has 7 nitrogen and oxygen atoms in total. The van der Waals surface area contributed by atoms with Crippen molar-refractivity contribution < 1.29 is 21.6 Å². The lowest BCUT2D eigenvalue weighted by molar-refractivity contribution is -0.137. The fraction of sp³-hybridized carbons (Fsp3) is 0.550. The van der Waals surface area contributed by atoms with Crippen LogP contribution in [0, 0.1) is 0 Å². The molecule has 176 valence electrons. The topological polar surface area (TPSA) is 60.0 Å². The Bertz CT molecular complexity index is 1010. The molecular weight excluding hydrogens is 463 g/mol. The lowest BCUT2D eigenvalue weighted by Crippen LogP contribution is -2.56. The smallest absolute Gasteiger partial charge is 0.304 e. The third kappa shape index (κ3) is 5.32. The normalized spacial score (nSPS) is 20.6. The Labute approximate surface area is 190 Å². The molecule has 2 aliphatic heterocycles. The third-order valence-electron chi connectivity index (χ3n) is 5.84. The van der Waals surface area contributed by atoms with E-state index >= 15 is 0 Å². The first-order chi connectivity index (χ1) is 15.1. The number of hydrogen-bond acceptors (Lipinski definition) is 6. The van der Waals surface area contributed by atoms with E-state index in [0.29, 0.717) is 56.4 Å². The minimum atomic E-state index is -4.35. The van der Waals surface area contributed by atoms with Gasteiger partial charge in [0.2, 0.25) is 0 Å². The molecule has 2 aliphatic rings. The summed E-state index contributed by atoms with van der Waals surface area (Å²) in [5.41, 5.74) is 0.806. The summed E-state index contributed by atoms with van der Waals surface area (Å²) in [5.74, 6) is 0. The van der Waals surface area contributed by atoms with Crippen LogP contribution < -0.4 is 0 Å². The van der Waals surface area contributed by atoms with Crippen molar-refractivity contribution in [2.75, 3.05) is 59.4 Å². The molecule has 3 heterocycles. The highest BCUT2D eigenvalue weighted by molar-refractivity contribution is 7.86. The molecule has 1 aromatic carbocycles. The quantitative estimate of drug-likeness (QED) is 0.646. The Kier molecular flexibility index (Phi) is 6.89. The maximum atomic E-state index is 12.9. The van der Waals surface area contributed by atoms with Gasteiger partial charge in [0.05, 0.1) is 11.3 Å². The van der Waals surface area contributed by atoms with Gasteiger partial charge in [-0.25, -0.2) is 4.98 Å². The molecule has 0 bridgehead atoms. The van der Waals surface area contributed by atoms with Gasteiger partial charge < -0.3 is 4.90 Å². The number of rotatable bonds is 5. The molecule has 4 rings (SSSR count). The zero-order valence-corrected chi connectivity index (χ0v) is 19.4. The zero-order valence-electron chi connectivity index (χ0n) is 17.8. The molecular formula is C20H26F3N5O2S2. The van der Waals surface area contributed by atoms with E-state index in [4.69, 9.17) is 0 Å². The summed E-state index contributed by atoms with van der Waals surface area (Å²) in [4.78, 5) is 8.84. The molecule has 0 amide bonds. The first-order valence-electron chi connectivity index (χ1n) is 10.4. The predicted octanol–water partition coefficient (Wildman–Crippen LogP) is 2.44. The van der Waals surface area contributed by atoms with Crippen molar-refractivity contribution in [1.82, 2.24) is 23.4 Å². The van der Waals surface area contributed by atoms with E-state index in [9.17, 15) is 21.6 Å². The van der Waals surface area contributed by atoms with E-state index in [-0.39, 0.29) is 0 Å². The molecule has 1 aromatic heterocycles. The molecule has 0 radical (unpaired) electrons. The molecule has 0 N–H and O–H groups in total. The van der Waals surface area contributed by atoms with Crippen LogP contribution in [0.15, 0.2) is 29.6 Å². The average molecular weight is 490 g/mol. The van der Waals surface area contributed by atoms with Crippen LogP contribution in [0.2, 0.25) is 0 Å². The number of aromatic nitrogens is 1. The second kappa shape index (κ2) is 9.35. The maximum absolute atomic E-state index is 12.9. The number of piperazine rings is 2. The van der Waals surface area contributed by atoms with Gasteiger partial charge in [-0.1, -0.05) is 12.1 Å². The van der Waals surface area contributed by atoms with Crippen LogP contribution in [0.5, 0.6) is 0 Å². The highest BCUT2D eigenvalue weighted by atomic mass is 32.2. The van der Waals surface area contributed by atoms with Gasteiger partial charge in [-0.15, -0.1) is 11.3 Å². The van der Waals surface area contributed by atoms with Gasteiger partial charge in [-0.2, -0.15) is 30.2 Å². The monoisotopic (exact) mass is 489 g/mol. The number of hydrogen-bond donors (Lipinski definition) is 0. The molecule has 0 atom stereocenters. The van der Waals surface area contributed by atoms with Crippen LogP contribution >= 0.6 is 11.3 Å². The fourth-order valence-corrected chi connectivity index (χ4v) is 6.24. The number of likely N-dealkylation sites (N-methyl/N-ethyl adjacent to an activating group) is 1. The van der Waals surface area contributed by atoms with Gasteiger partial charge in [-0.3, -0.25) is 4.90 Å². The Balaban J connectivity index is 1.32. The Morgan fingerprint density at radius 2 is 1.50 bits per heavy atom. The van der Waals surface area contributed by atoms with Crippen molar-refractivity contribution in [2.45, 2.75) is 12.7 Å². The van der Waals surface area contributed by atoms with E-state index in [0.717, 1.165) is 30.9 Å². The SMILES string of the molecule is CN1CCN(S(=O)(=O)N2CCN(Cc3csc(-c4ccc(C(F)(F)F)cc4)n3)CC2)CC1.